The maximum atomic E-state index is 10.9. The van der Waals surface area contributed by atoms with Crippen molar-refractivity contribution >= 4 is 34.5 Å². The van der Waals surface area contributed by atoms with Gasteiger partial charge in [0, 0.05) is 79.8 Å². The summed E-state index contributed by atoms with van der Waals surface area (Å²) < 4.78 is 0. The van der Waals surface area contributed by atoms with Gasteiger partial charge in [-0.05, 0) is 30.3 Å². The number of nitrogen functional groups attached to an aromatic ring is 1. The van der Waals surface area contributed by atoms with E-state index in [4.69, 9.17) is 5.73 Å². The number of hydrogen-bond acceptors (Lipinski definition) is 11. The lowest BCUT2D eigenvalue weighted by Gasteiger charge is -2.28. The van der Waals surface area contributed by atoms with Crippen LogP contribution in [0.1, 0.15) is 0 Å². The lowest BCUT2D eigenvalue weighted by atomic mass is 10.2. The summed E-state index contributed by atoms with van der Waals surface area (Å²) in [5, 5.41) is 27.4. The number of nitro benzene ring substituents is 2. The molecular weight excluding hydrogens is 490 g/mol. The zero-order valence-electron chi connectivity index (χ0n) is 20.2. The smallest absolute Gasteiger partial charge is 0.271 e. The van der Waals surface area contributed by atoms with Gasteiger partial charge in [0.05, 0.1) is 15.5 Å². The Morgan fingerprint density at radius 1 is 0.895 bits per heavy atom. The van der Waals surface area contributed by atoms with E-state index in [1.165, 1.54) is 24.3 Å². The normalized spacial score (nSPS) is 12.7. The minimum absolute atomic E-state index is 0.00820. The fourth-order valence-corrected chi connectivity index (χ4v) is 3.66. The summed E-state index contributed by atoms with van der Waals surface area (Å²) in [4.78, 5) is 35.6. The van der Waals surface area contributed by atoms with Crippen LogP contribution in [0.25, 0.3) is 11.3 Å². The minimum atomic E-state index is -0.476. The molecule has 0 unspecified atom stereocenters. The van der Waals surface area contributed by atoms with Gasteiger partial charge in [-0.1, -0.05) is 12.1 Å². The summed E-state index contributed by atoms with van der Waals surface area (Å²) in [6.45, 7) is 3.80. The number of hydrogen-bond donors (Lipinski definition) is 3. The Balaban J connectivity index is 0.000000283. The molecule has 194 valence electrons. The Kier molecular flexibility index (Phi) is 8.31. The molecule has 0 spiro atoms. The Morgan fingerprint density at radius 3 is 2.24 bits per heavy atom. The van der Waals surface area contributed by atoms with Crippen LogP contribution in [0.2, 0.25) is 0 Å². The first-order valence-electron chi connectivity index (χ1n) is 11.7. The minimum Gasteiger partial charge on any atom is -0.399 e. The van der Waals surface area contributed by atoms with Gasteiger partial charge in [-0.2, -0.15) is 0 Å². The maximum Gasteiger partial charge on any atom is 0.271 e. The Morgan fingerprint density at radius 2 is 1.61 bits per heavy atom. The molecule has 38 heavy (non-hydrogen) atoms. The third kappa shape index (κ3) is 6.95. The first-order valence-corrected chi connectivity index (χ1v) is 11.7. The molecule has 0 atom stereocenters. The molecule has 2 aromatic carbocycles. The van der Waals surface area contributed by atoms with Crippen molar-refractivity contribution in [3.05, 3.63) is 99.4 Å². The third-order valence-electron chi connectivity index (χ3n) is 5.53. The molecule has 0 saturated carbocycles. The van der Waals surface area contributed by atoms with E-state index in [0.717, 1.165) is 43.3 Å². The van der Waals surface area contributed by atoms with Crippen LogP contribution in [0, 0.1) is 20.2 Å². The number of nitrogens with zero attached hydrogens (tertiary/aromatic N) is 6. The molecule has 13 heteroatoms. The van der Waals surface area contributed by atoms with E-state index in [1.807, 2.05) is 12.1 Å². The quantitative estimate of drug-likeness (QED) is 0.193. The van der Waals surface area contributed by atoms with E-state index in [2.05, 4.69) is 30.5 Å². The van der Waals surface area contributed by atoms with Crippen molar-refractivity contribution in [2.45, 2.75) is 0 Å². The number of nitrogens with two attached hydrogens (primary N) is 1. The van der Waals surface area contributed by atoms with Crippen LogP contribution in [0.5, 0.6) is 0 Å². The summed E-state index contributed by atoms with van der Waals surface area (Å²) in [6, 6.07) is 17.9. The second kappa shape index (κ2) is 12.2. The highest BCUT2D eigenvalue weighted by atomic mass is 16.6. The van der Waals surface area contributed by atoms with Gasteiger partial charge >= 0.3 is 0 Å². The molecule has 0 bridgehead atoms. The highest BCUT2D eigenvalue weighted by molar-refractivity contribution is 5.63. The summed E-state index contributed by atoms with van der Waals surface area (Å²) >= 11 is 0. The van der Waals surface area contributed by atoms with Gasteiger partial charge in [-0.3, -0.25) is 20.2 Å². The van der Waals surface area contributed by atoms with Gasteiger partial charge < -0.3 is 21.3 Å². The van der Waals surface area contributed by atoms with Crippen LogP contribution in [0.15, 0.2) is 79.1 Å². The molecule has 1 aliphatic rings. The second-order valence-corrected chi connectivity index (χ2v) is 8.19. The molecule has 13 nitrogen and oxygen atoms in total. The monoisotopic (exact) mass is 515 g/mol. The van der Waals surface area contributed by atoms with Crippen molar-refractivity contribution in [2.24, 2.45) is 0 Å². The highest BCUT2D eigenvalue weighted by Crippen LogP contribution is 2.23. The number of anilines is 4. The van der Waals surface area contributed by atoms with Crippen LogP contribution < -0.4 is 21.3 Å². The summed E-state index contributed by atoms with van der Waals surface area (Å²) in [5.41, 5.74) is 7.90. The average Bonchev–Trinajstić information content (AvgIpc) is 2.94. The fraction of sp³-hybridized carbons (Fsp3) is 0.160. The van der Waals surface area contributed by atoms with Crippen molar-refractivity contribution < 1.29 is 9.85 Å². The topological polar surface area (TPSA) is 178 Å². The molecule has 0 aliphatic carbocycles. The van der Waals surface area contributed by atoms with Crippen LogP contribution in [-0.4, -0.2) is 51.0 Å². The van der Waals surface area contributed by atoms with Crippen LogP contribution >= 0.6 is 0 Å². The molecule has 1 saturated heterocycles. The Bertz CT molecular complexity index is 1410. The van der Waals surface area contributed by atoms with Gasteiger partial charge in [0.15, 0.2) is 0 Å². The summed E-state index contributed by atoms with van der Waals surface area (Å²) in [5.74, 6) is 1.32. The predicted octanol–water partition coefficient (Wildman–Crippen LogP) is 3.78. The highest BCUT2D eigenvalue weighted by Gasteiger charge is 2.12. The zero-order valence-corrected chi connectivity index (χ0v) is 20.2. The molecule has 3 heterocycles. The molecule has 4 aromatic rings. The van der Waals surface area contributed by atoms with Gasteiger partial charge in [0.25, 0.3) is 11.4 Å². The number of aromatic nitrogens is 3. The number of piperazine rings is 1. The van der Waals surface area contributed by atoms with Crippen molar-refractivity contribution in [1.29, 1.82) is 0 Å². The second-order valence-electron chi connectivity index (χ2n) is 8.19. The van der Waals surface area contributed by atoms with E-state index in [-0.39, 0.29) is 11.4 Å². The van der Waals surface area contributed by atoms with E-state index in [9.17, 15) is 20.2 Å². The number of benzene rings is 2. The number of nitrogens with one attached hydrogen (secondary N) is 2. The number of nitro groups is 2. The van der Waals surface area contributed by atoms with Crippen molar-refractivity contribution in [3.8, 4) is 11.3 Å². The van der Waals surface area contributed by atoms with E-state index < -0.39 is 9.85 Å². The summed E-state index contributed by atoms with van der Waals surface area (Å²) in [7, 11) is 0. The first-order chi connectivity index (χ1) is 18.4. The lowest BCUT2D eigenvalue weighted by Crippen LogP contribution is -2.43. The van der Waals surface area contributed by atoms with Crippen molar-refractivity contribution in [1.82, 2.24) is 20.3 Å². The fourth-order valence-electron chi connectivity index (χ4n) is 3.66. The van der Waals surface area contributed by atoms with Crippen LogP contribution in [0.3, 0.4) is 0 Å². The molecule has 5 rings (SSSR count). The molecule has 1 aliphatic heterocycles. The number of non-ortho nitro benzene ring substituents is 2. The number of pyridine rings is 1. The Hall–Kier alpha value is -5.17. The van der Waals surface area contributed by atoms with E-state index in [1.54, 1.807) is 42.7 Å². The molecule has 4 N–H and O–H groups in total. The third-order valence-corrected chi connectivity index (χ3v) is 5.53. The van der Waals surface area contributed by atoms with Crippen LogP contribution in [-0.2, 0) is 0 Å². The van der Waals surface area contributed by atoms with E-state index >= 15 is 0 Å². The Labute approximate surface area is 217 Å². The first kappa shape index (κ1) is 25.9. The van der Waals surface area contributed by atoms with Gasteiger partial charge in [-0.15, -0.1) is 0 Å². The standard InChI is InChI=1S/C19H19N7O2.C6H6N2O2/c27-26(28)16-3-1-2-15(12-16)23-19-21-7-6-17(24-19)14-4-5-18(22-13-14)25-10-8-20-9-11-25;7-5-2-1-3-6(4-5)8(9)10/h1-7,12-13,20H,8-11H2,(H,21,23,24);1-4H,7H2. The van der Waals surface area contributed by atoms with Crippen molar-refractivity contribution in [2.75, 3.05) is 42.1 Å². The number of rotatable bonds is 6. The lowest BCUT2D eigenvalue weighted by molar-refractivity contribution is -0.385. The predicted molar refractivity (Wildman–Crippen MR) is 144 cm³/mol. The largest absolute Gasteiger partial charge is 0.399 e. The SMILES string of the molecule is Nc1cccc([N+](=O)[O-])c1.O=[N+]([O-])c1cccc(Nc2nccc(-c3ccc(N4CCNCC4)nc3)n2)c1. The van der Waals surface area contributed by atoms with Crippen molar-refractivity contribution in [3.63, 3.8) is 0 Å². The van der Waals surface area contributed by atoms with Gasteiger partial charge in [-0.25, -0.2) is 15.0 Å². The van der Waals surface area contributed by atoms with Crippen LogP contribution in [0.4, 0.5) is 34.5 Å². The molecule has 1 fully saturated rings. The zero-order chi connectivity index (χ0) is 26.9. The van der Waals surface area contributed by atoms with Gasteiger partial charge in [0.1, 0.15) is 5.82 Å². The summed E-state index contributed by atoms with van der Waals surface area (Å²) in [6.07, 6.45) is 3.45. The van der Waals surface area contributed by atoms with E-state index in [0.29, 0.717) is 17.3 Å². The average molecular weight is 516 g/mol. The molecule has 0 radical (unpaired) electrons. The molecule has 0 amide bonds. The maximum absolute atomic E-state index is 10.9. The molecular formula is C25H25N9O4. The molecule has 2 aromatic heterocycles. The van der Waals surface area contributed by atoms with Gasteiger partial charge in [0.2, 0.25) is 5.95 Å².